The van der Waals surface area contributed by atoms with Crippen molar-refractivity contribution in [2.75, 3.05) is 6.54 Å². The molecule has 140 valence electrons. The van der Waals surface area contributed by atoms with Crippen LogP contribution < -0.4 is 10.1 Å². The number of ether oxygens (including phenoxy) is 1. The van der Waals surface area contributed by atoms with E-state index in [-0.39, 0.29) is 12.5 Å². The normalized spacial score (nSPS) is 10.1. The van der Waals surface area contributed by atoms with Crippen molar-refractivity contribution in [3.05, 3.63) is 101 Å². The van der Waals surface area contributed by atoms with Crippen molar-refractivity contribution < 1.29 is 9.53 Å². The number of amides is 1. The van der Waals surface area contributed by atoms with Crippen LogP contribution in [0.4, 0.5) is 0 Å². The Hall–Kier alpha value is -3.58. The van der Waals surface area contributed by atoms with E-state index in [0.29, 0.717) is 23.4 Å². The molecule has 0 radical (unpaired) electrons. The van der Waals surface area contributed by atoms with Crippen LogP contribution in [-0.4, -0.2) is 12.5 Å². The van der Waals surface area contributed by atoms with Crippen molar-refractivity contribution in [2.24, 2.45) is 0 Å². The van der Waals surface area contributed by atoms with Crippen molar-refractivity contribution in [1.82, 2.24) is 5.32 Å². The molecule has 1 N–H and O–H groups in total. The van der Waals surface area contributed by atoms with Gasteiger partial charge in [-0.1, -0.05) is 48.5 Å². The van der Waals surface area contributed by atoms with Crippen molar-refractivity contribution in [1.29, 1.82) is 5.26 Å². The highest BCUT2D eigenvalue weighted by molar-refractivity contribution is 5.94. The Morgan fingerprint density at radius 1 is 1.00 bits per heavy atom. The second-order valence-corrected chi connectivity index (χ2v) is 6.52. The van der Waals surface area contributed by atoms with Gasteiger partial charge in [0.25, 0.3) is 5.91 Å². The lowest BCUT2D eigenvalue weighted by molar-refractivity contribution is 0.0953. The third kappa shape index (κ3) is 4.99. The maximum atomic E-state index is 12.4. The molecule has 0 unspecified atom stereocenters. The molecule has 0 fully saturated rings. The predicted molar refractivity (Wildman–Crippen MR) is 109 cm³/mol. The molecule has 28 heavy (non-hydrogen) atoms. The lowest BCUT2D eigenvalue weighted by atomic mass is 10.1. The Labute approximate surface area is 165 Å². The minimum absolute atomic E-state index is 0.128. The Bertz CT molecular complexity index is 1010. The SMILES string of the molecule is Cc1ccccc1CCNC(=O)c1cccc(OCc2ccccc2C#N)c1. The second kappa shape index (κ2) is 9.38. The summed E-state index contributed by atoms with van der Waals surface area (Å²) in [6.07, 6.45) is 0.791. The first kappa shape index (κ1) is 19.2. The van der Waals surface area contributed by atoms with Gasteiger partial charge < -0.3 is 10.1 Å². The molecule has 0 aliphatic heterocycles. The molecule has 0 aromatic heterocycles. The molecule has 3 aromatic rings. The molecule has 0 saturated carbocycles. The lowest BCUT2D eigenvalue weighted by Crippen LogP contribution is -2.25. The van der Waals surface area contributed by atoms with Crippen LogP contribution in [0.5, 0.6) is 5.75 Å². The summed E-state index contributed by atoms with van der Waals surface area (Å²) in [6.45, 7) is 2.93. The van der Waals surface area contributed by atoms with Gasteiger partial charge in [-0.05, 0) is 48.7 Å². The van der Waals surface area contributed by atoms with E-state index in [1.165, 1.54) is 11.1 Å². The van der Waals surface area contributed by atoms with Crippen LogP contribution in [0, 0.1) is 18.3 Å². The Balaban J connectivity index is 1.57. The van der Waals surface area contributed by atoms with E-state index in [9.17, 15) is 4.79 Å². The fourth-order valence-corrected chi connectivity index (χ4v) is 2.95. The van der Waals surface area contributed by atoms with Gasteiger partial charge in [0.1, 0.15) is 12.4 Å². The minimum atomic E-state index is -0.128. The molecule has 0 atom stereocenters. The molecule has 3 rings (SSSR count). The predicted octanol–water partition coefficient (Wildman–Crippen LogP) is 4.42. The lowest BCUT2D eigenvalue weighted by Gasteiger charge is -2.10. The van der Waals surface area contributed by atoms with Gasteiger partial charge in [-0.15, -0.1) is 0 Å². The molecule has 4 heteroatoms. The number of aryl methyl sites for hydroxylation is 1. The molecular weight excluding hydrogens is 348 g/mol. The zero-order valence-electron chi connectivity index (χ0n) is 15.8. The quantitative estimate of drug-likeness (QED) is 0.670. The third-order valence-corrected chi connectivity index (χ3v) is 4.57. The summed E-state index contributed by atoms with van der Waals surface area (Å²) in [6, 6.07) is 24.7. The summed E-state index contributed by atoms with van der Waals surface area (Å²) in [5.41, 5.74) is 4.42. The summed E-state index contributed by atoms with van der Waals surface area (Å²) < 4.78 is 5.78. The zero-order chi connectivity index (χ0) is 19.8. The van der Waals surface area contributed by atoms with Crippen LogP contribution in [0.15, 0.2) is 72.8 Å². The van der Waals surface area contributed by atoms with Gasteiger partial charge in [-0.25, -0.2) is 0 Å². The number of carbonyl (C=O) groups excluding carboxylic acids is 1. The first-order chi connectivity index (χ1) is 13.7. The van der Waals surface area contributed by atoms with E-state index in [1.807, 2.05) is 30.3 Å². The first-order valence-corrected chi connectivity index (χ1v) is 9.21. The molecule has 0 spiro atoms. The first-order valence-electron chi connectivity index (χ1n) is 9.21. The number of nitrogens with zero attached hydrogens (tertiary/aromatic N) is 1. The molecule has 1 amide bonds. The fourth-order valence-electron chi connectivity index (χ4n) is 2.95. The highest BCUT2D eigenvalue weighted by Gasteiger charge is 2.08. The van der Waals surface area contributed by atoms with Crippen molar-refractivity contribution >= 4 is 5.91 Å². The molecule has 0 saturated heterocycles. The van der Waals surface area contributed by atoms with Gasteiger partial charge >= 0.3 is 0 Å². The highest BCUT2D eigenvalue weighted by Crippen LogP contribution is 2.17. The summed E-state index contributed by atoms with van der Waals surface area (Å²) in [7, 11) is 0. The Morgan fingerprint density at radius 2 is 1.75 bits per heavy atom. The summed E-state index contributed by atoms with van der Waals surface area (Å²) in [5, 5.41) is 12.1. The van der Waals surface area contributed by atoms with E-state index in [1.54, 1.807) is 30.3 Å². The number of benzene rings is 3. The van der Waals surface area contributed by atoms with Crippen molar-refractivity contribution in [3.63, 3.8) is 0 Å². The minimum Gasteiger partial charge on any atom is -0.489 e. The van der Waals surface area contributed by atoms with Gasteiger partial charge in [-0.3, -0.25) is 4.79 Å². The molecule has 0 aliphatic carbocycles. The van der Waals surface area contributed by atoms with Crippen LogP contribution in [0.25, 0.3) is 0 Å². The summed E-state index contributed by atoms with van der Waals surface area (Å²) in [5.74, 6) is 0.468. The maximum Gasteiger partial charge on any atom is 0.251 e. The average molecular weight is 370 g/mol. The fraction of sp³-hybridized carbons (Fsp3) is 0.167. The topological polar surface area (TPSA) is 62.1 Å². The van der Waals surface area contributed by atoms with E-state index < -0.39 is 0 Å². The molecular formula is C24H22N2O2. The molecule has 3 aromatic carbocycles. The monoisotopic (exact) mass is 370 g/mol. The van der Waals surface area contributed by atoms with Crippen LogP contribution in [0.2, 0.25) is 0 Å². The Kier molecular flexibility index (Phi) is 6.43. The van der Waals surface area contributed by atoms with Gasteiger partial charge in [0.2, 0.25) is 0 Å². The molecule has 0 heterocycles. The van der Waals surface area contributed by atoms with E-state index in [4.69, 9.17) is 10.00 Å². The van der Waals surface area contributed by atoms with Crippen LogP contribution in [0.1, 0.15) is 32.6 Å². The summed E-state index contributed by atoms with van der Waals surface area (Å²) in [4.78, 5) is 12.4. The number of hydrogen-bond donors (Lipinski definition) is 1. The van der Waals surface area contributed by atoms with Gasteiger partial charge in [0, 0.05) is 17.7 Å². The number of nitriles is 1. The summed E-state index contributed by atoms with van der Waals surface area (Å²) >= 11 is 0. The third-order valence-electron chi connectivity index (χ3n) is 4.57. The van der Waals surface area contributed by atoms with E-state index >= 15 is 0 Å². The molecule has 0 aliphatic rings. The van der Waals surface area contributed by atoms with Gasteiger partial charge in [0.05, 0.1) is 11.6 Å². The zero-order valence-corrected chi connectivity index (χ0v) is 15.8. The highest BCUT2D eigenvalue weighted by atomic mass is 16.5. The average Bonchev–Trinajstić information content (AvgIpc) is 2.74. The molecule has 0 bridgehead atoms. The second-order valence-electron chi connectivity index (χ2n) is 6.52. The van der Waals surface area contributed by atoms with Crippen molar-refractivity contribution in [3.8, 4) is 11.8 Å². The Morgan fingerprint density at radius 3 is 2.54 bits per heavy atom. The van der Waals surface area contributed by atoms with Crippen LogP contribution >= 0.6 is 0 Å². The largest absolute Gasteiger partial charge is 0.489 e. The van der Waals surface area contributed by atoms with E-state index in [2.05, 4.69) is 30.4 Å². The van der Waals surface area contributed by atoms with Crippen LogP contribution in [-0.2, 0) is 13.0 Å². The van der Waals surface area contributed by atoms with E-state index in [0.717, 1.165) is 12.0 Å². The van der Waals surface area contributed by atoms with Crippen LogP contribution in [0.3, 0.4) is 0 Å². The standard InChI is InChI=1S/C24H22N2O2/c1-18-7-2-3-8-19(18)13-14-26-24(27)20-11-6-12-23(15-20)28-17-22-10-5-4-9-21(22)16-25/h2-12,15H,13-14,17H2,1H3,(H,26,27). The van der Waals surface area contributed by atoms with Gasteiger partial charge in [-0.2, -0.15) is 5.26 Å². The number of rotatable bonds is 7. The number of hydrogen-bond acceptors (Lipinski definition) is 3. The smallest absolute Gasteiger partial charge is 0.251 e. The number of nitrogens with one attached hydrogen (secondary N) is 1. The maximum absolute atomic E-state index is 12.4. The van der Waals surface area contributed by atoms with Crippen molar-refractivity contribution in [2.45, 2.75) is 20.0 Å². The van der Waals surface area contributed by atoms with Gasteiger partial charge in [0.15, 0.2) is 0 Å². The number of carbonyl (C=O) groups is 1. The molecule has 4 nitrogen and oxygen atoms in total.